The quantitative estimate of drug-likeness (QED) is 0.668. The fourth-order valence-electron chi connectivity index (χ4n) is 2.96. The Morgan fingerprint density at radius 2 is 1.89 bits per heavy atom. The molecule has 3 amide bonds. The number of hydrogen-bond acceptors (Lipinski definition) is 5. The van der Waals surface area contributed by atoms with Crippen LogP contribution < -0.4 is 5.32 Å². The fourth-order valence-corrected chi connectivity index (χ4v) is 2.96. The Bertz CT molecular complexity index is 814. The molecule has 1 aromatic carbocycles. The first-order chi connectivity index (χ1) is 12.8. The molecule has 27 heavy (non-hydrogen) atoms. The topological polar surface area (TPSA) is 133 Å². The molecule has 0 radical (unpaired) electrons. The highest BCUT2D eigenvalue weighted by molar-refractivity contribution is 6.08. The number of ether oxygens (including phenoxy) is 1. The average molecular weight is 374 g/mol. The van der Waals surface area contributed by atoms with Gasteiger partial charge in [-0.25, -0.2) is 19.3 Å². The molecule has 1 saturated carbocycles. The number of carbonyl (C=O) groups is 4. The third-order valence-corrected chi connectivity index (χ3v) is 4.51. The molecule has 0 bridgehead atoms. The van der Waals surface area contributed by atoms with Gasteiger partial charge in [0.05, 0.1) is 5.54 Å². The number of hydrogen-bond donors (Lipinski definition) is 3. The van der Waals surface area contributed by atoms with Crippen molar-refractivity contribution in [1.29, 1.82) is 0 Å². The van der Waals surface area contributed by atoms with Crippen LogP contribution in [-0.2, 0) is 20.9 Å². The van der Waals surface area contributed by atoms with E-state index >= 15 is 0 Å². The second kappa shape index (κ2) is 7.10. The van der Waals surface area contributed by atoms with Crippen LogP contribution in [0, 0.1) is 0 Å². The highest BCUT2D eigenvalue weighted by atomic mass is 16.5. The first-order valence-electron chi connectivity index (χ1n) is 8.31. The maximum atomic E-state index is 12.2. The maximum Gasteiger partial charge on any atom is 0.415 e. The first-order valence-corrected chi connectivity index (χ1v) is 8.31. The zero-order chi connectivity index (χ0) is 19.6. The Balaban J connectivity index is 1.65. The number of carboxylic acid groups (broad SMARTS) is 2. The zero-order valence-corrected chi connectivity index (χ0v) is 14.3. The fraction of sp³-hybridized carbons (Fsp3) is 0.333. The number of imide groups is 1. The molecule has 1 aromatic rings. The van der Waals surface area contributed by atoms with Crippen LogP contribution in [0.1, 0.15) is 24.8 Å². The van der Waals surface area contributed by atoms with Crippen molar-refractivity contribution in [3.05, 3.63) is 47.5 Å². The van der Waals surface area contributed by atoms with Crippen LogP contribution in [0.3, 0.4) is 0 Å². The molecule has 2 aliphatic rings. The Kier molecular flexibility index (Phi) is 4.85. The van der Waals surface area contributed by atoms with E-state index in [4.69, 9.17) is 14.9 Å². The maximum absolute atomic E-state index is 12.2. The lowest BCUT2D eigenvalue weighted by molar-refractivity contribution is -0.144. The van der Waals surface area contributed by atoms with Crippen LogP contribution in [0.25, 0.3) is 0 Å². The molecule has 142 valence electrons. The van der Waals surface area contributed by atoms with Gasteiger partial charge in [-0.05, 0) is 18.4 Å². The molecule has 1 atom stereocenters. The van der Waals surface area contributed by atoms with Gasteiger partial charge in [0.15, 0.2) is 0 Å². The molecule has 0 aromatic heterocycles. The van der Waals surface area contributed by atoms with E-state index in [9.17, 15) is 19.2 Å². The number of rotatable bonds is 5. The summed E-state index contributed by atoms with van der Waals surface area (Å²) in [7, 11) is 0. The molecule has 3 N–H and O–H groups in total. The number of likely N-dealkylation sites (tertiary alicyclic amines) is 1. The highest BCUT2D eigenvalue weighted by Crippen LogP contribution is 2.40. The summed E-state index contributed by atoms with van der Waals surface area (Å²) in [5, 5.41) is 20.9. The van der Waals surface area contributed by atoms with E-state index in [1.165, 1.54) is 6.08 Å². The molecule has 1 aliphatic carbocycles. The third-order valence-electron chi connectivity index (χ3n) is 4.51. The molecule has 0 spiro atoms. The number of nitrogens with zero attached hydrogens (tertiary/aromatic N) is 1. The van der Waals surface area contributed by atoms with Gasteiger partial charge in [-0.3, -0.25) is 4.79 Å². The summed E-state index contributed by atoms with van der Waals surface area (Å²) in [5.74, 6) is -2.27. The van der Waals surface area contributed by atoms with Gasteiger partial charge in [0.1, 0.15) is 12.6 Å². The van der Waals surface area contributed by atoms with Crippen molar-refractivity contribution in [2.24, 2.45) is 0 Å². The minimum Gasteiger partial charge on any atom is -0.480 e. The van der Waals surface area contributed by atoms with Crippen LogP contribution in [0.15, 0.2) is 42.0 Å². The number of nitrogens with one attached hydrogen (secondary N) is 1. The van der Waals surface area contributed by atoms with Gasteiger partial charge in [0.2, 0.25) is 0 Å². The Morgan fingerprint density at radius 1 is 1.22 bits per heavy atom. The monoisotopic (exact) mass is 374 g/mol. The van der Waals surface area contributed by atoms with E-state index in [0.29, 0.717) is 17.7 Å². The second-order valence-electron chi connectivity index (χ2n) is 6.53. The smallest absolute Gasteiger partial charge is 0.415 e. The number of amides is 3. The van der Waals surface area contributed by atoms with Crippen molar-refractivity contribution in [2.75, 3.05) is 0 Å². The van der Waals surface area contributed by atoms with E-state index in [0.717, 1.165) is 5.56 Å². The van der Waals surface area contributed by atoms with Crippen LogP contribution in [0.5, 0.6) is 0 Å². The normalized spacial score (nSPS) is 21.8. The summed E-state index contributed by atoms with van der Waals surface area (Å²) in [6, 6.07) is 7.66. The first kappa shape index (κ1) is 18.4. The SMILES string of the molecule is O=C(NC1(/C=C2\C[C@@H](C(=O)O)N(C(=O)O)C2=O)CC1)OCc1ccccc1. The minimum atomic E-state index is -1.61. The Hall–Kier alpha value is -3.36. The van der Waals surface area contributed by atoms with Crippen LogP contribution in [0.4, 0.5) is 9.59 Å². The van der Waals surface area contributed by atoms with Crippen molar-refractivity contribution in [3.8, 4) is 0 Å². The van der Waals surface area contributed by atoms with Crippen molar-refractivity contribution >= 4 is 24.1 Å². The number of carboxylic acids is 1. The summed E-state index contributed by atoms with van der Waals surface area (Å²) < 4.78 is 5.15. The molecule has 1 aliphatic heterocycles. The van der Waals surface area contributed by atoms with Gasteiger partial charge >= 0.3 is 18.2 Å². The summed E-state index contributed by atoms with van der Waals surface area (Å²) in [5.41, 5.74) is 0.0740. The molecule has 2 fully saturated rings. The lowest BCUT2D eigenvalue weighted by Gasteiger charge is -2.15. The summed E-state index contributed by atoms with van der Waals surface area (Å²) in [4.78, 5) is 47.0. The van der Waals surface area contributed by atoms with Crippen molar-refractivity contribution in [2.45, 2.75) is 37.5 Å². The molecular weight excluding hydrogens is 356 g/mol. The number of carbonyl (C=O) groups excluding carboxylic acids is 2. The predicted molar refractivity (Wildman–Crippen MR) is 90.7 cm³/mol. The molecule has 1 heterocycles. The summed E-state index contributed by atoms with van der Waals surface area (Å²) in [6.45, 7) is 0.0894. The van der Waals surface area contributed by atoms with Crippen molar-refractivity contribution in [3.63, 3.8) is 0 Å². The number of benzene rings is 1. The van der Waals surface area contributed by atoms with E-state index < -0.39 is 35.6 Å². The molecule has 1 saturated heterocycles. The molecule has 9 nitrogen and oxygen atoms in total. The van der Waals surface area contributed by atoms with Gasteiger partial charge in [-0.1, -0.05) is 36.4 Å². The number of alkyl carbamates (subject to hydrolysis) is 1. The van der Waals surface area contributed by atoms with E-state index in [2.05, 4.69) is 5.32 Å². The van der Waals surface area contributed by atoms with Crippen molar-refractivity contribution < 1.29 is 34.1 Å². The largest absolute Gasteiger partial charge is 0.480 e. The van der Waals surface area contributed by atoms with Crippen LogP contribution in [0.2, 0.25) is 0 Å². The standard InChI is InChI=1S/C18H18N2O7/c21-14-12(8-13(15(22)23)20(14)17(25)26)9-18(6-7-18)19-16(24)27-10-11-4-2-1-3-5-11/h1-5,9,13H,6-8,10H2,(H,19,24)(H,22,23)(H,25,26)/b12-9+/t13-/m0/s1. The van der Waals surface area contributed by atoms with Crippen LogP contribution in [-0.4, -0.2) is 50.8 Å². The molecule has 3 rings (SSSR count). The highest BCUT2D eigenvalue weighted by Gasteiger charge is 2.48. The van der Waals surface area contributed by atoms with Crippen molar-refractivity contribution in [1.82, 2.24) is 10.2 Å². The van der Waals surface area contributed by atoms with E-state index in [1.807, 2.05) is 30.3 Å². The molecule has 0 unspecified atom stereocenters. The summed E-state index contributed by atoms with van der Waals surface area (Å²) in [6.07, 6.45) is 0.0461. The Labute approximate surface area is 154 Å². The second-order valence-corrected chi connectivity index (χ2v) is 6.53. The Morgan fingerprint density at radius 3 is 2.41 bits per heavy atom. The van der Waals surface area contributed by atoms with E-state index in [1.54, 1.807) is 0 Å². The van der Waals surface area contributed by atoms with Gasteiger partial charge < -0.3 is 20.3 Å². The van der Waals surface area contributed by atoms with Gasteiger partial charge in [-0.15, -0.1) is 0 Å². The molecular formula is C18H18N2O7. The lowest BCUT2D eigenvalue weighted by atomic mass is 10.1. The minimum absolute atomic E-state index is 0.0608. The van der Waals surface area contributed by atoms with Gasteiger partial charge in [0.25, 0.3) is 5.91 Å². The average Bonchev–Trinajstić information content (AvgIpc) is 3.29. The predicted octanol–water partition coefficient (Wildman–Crippen LogP) is 1.74. The van der Waals surface area contributed by atoms with Gasteiger partial charge in [-0.2, -0.15) is 0 Å². The lowest BCUT2D eigenvalue weighted by Crippen LogP contribution is -2.42. The number of aliphatic carboxylic acids is 1. The van der Waals surface area contributed by atoms with Gasteiger partial charge in [0, 0.05) is 12.0 Å². The van der Waals surface area contributed by atoms with E-state index in [-0.39, 0.29) is 18.6 Å². The summed E-state index contributed by atoms with van der Waals surface area (Å²) >= 11 is 0. The van der Waals surface area contributed by atoms with Crippen LogP contribution >= 0.6 is 0 Å². The third kappa shape index (κ3) is 4.08. The molecule has 9 heteroatoms. The zero-order valence-electron chi connectivity index (χ0n) is 14.3.